The average molecular weight is 292 g/mol. The summed E-state index contributed by atoms with van der Waals surface area (Å²) < 4.78 is 7.25. The van der Waals surface area contributed by atoms with E-state index in [0.29, 0.717) is 30.5 Å². The number of ether oxygens (including phenoxy) is 1. The van der Waals surface area contributed by atoms with Crippen LogP contribution in [0.1, 0.15) is 21.9 Å². The second kappa shape index (κ2) is 5.64. The van der Waals surface area contributed by atoms with Crippen molar-refractivity contribution >= 4 is 17.5 Å². The van der Waals surface area contributed by atoms with Crippen LogP contribution in [-0.4, -0.2) is 22.1 Å². The summed E-state index contributed by atoms with van der Waals surface area (Å²) in [5.74, 6) is 0.589. The lowest BCUT2D eigenvalue weighted by Gasteiger charge is -2.13. The van der Waals surface area contributed by atoms with Gasteiger partial charge in [0.05, 0.1) is 6.61 Å². The molecule has 0 aliphatic carbocycles. The van der Waals surface area contributed by atoms with E-state index in [0.717, 1.165) is 17.9 Å². The molecule has 3 rings (SSSR count). The number of halogens is 1. The van der Waals surface area contributed by atoms with Crippen LogP contribution < -0.4 is 5.32 Å². The maximum atomic E-state index is 12.1. The highest BCUT2D eigenvalue weighted by atomic mass is 35.5. The maximum absolute atomic E-state index is 12.1. The number of fused-ring (bicyclic) bond motifs is 1. The first-order valence-electron chi connectivity index (χ1n) is 6.39. The molecule has 1 aliphatic rings. The lowest BCUT2D eigenvalue weighted by atomic mass is 10.2. The van der Waals surface area contributed by atoms with Gasteiger partial charge in [-0.3, -0.25) is 4.79 Å². The van der Waals surface area contributed by atoms with Gasteiger partial charge in [-0.2, -0.15) is 0 Å². The molecule has 5 nitrogen and oxygen atoms in total. The molecule has 6 heteroatoms. The maximum Gasteiger partial charge on any atom is 0.271 e. The summed E-state index contributed by atoms with van der Waals surface area (Å²) in [7, 11) is 0. The molecular formula is C14H14ClN3O2. The highest BCUT2D eigenvalue weighted by molar-refractivity contribution is 6.31. The predicted molar refractivity (Wildman–Crippen MR) is 74.5 cm³/mol. The topological polar surface area (TPSA) is 56.2 Å². The zero-order valence-electron chi connectivity index (χ0n) is 10.8. The minimum atomic E-state index is -0.202. The Balaban J connectivity index is 1.67. The highest BCUT2D eigenvalue weighted by Gasteiger charge is 2.16. The van der Waals surface area contributed by atoms with Gasteiger partial charge in [0.1, 0.15) is 18.1 Å². The summed E-state index contributed by atoms with van der Waals surface area (Å²) in [6.07, 6.45) is 1.76. The predicted octanol–water partition coefficient (Wildman–Crippen LogP) is 2.00. The van der Waals surface area contributed by atoms with Crippen molar-refractivity contribution in [1.82, 2.24) is 14.9 Å². The number of benzene rings is 1. The van der Waals surface area contributed by atoms with E-state index in [9.17, 15) is 4.79 Å². The summed E-state index contributed by atoms with van der Waals surface area (Å²) >= 11 is 6.05. The van der Waals surface area contributed by atoms with Crippen LogP contribution in [0.2, 0.25) is 5.02 Å². The van der Waals surface area contributed by atoms with Crippen LogP contribution >= 0.6 is 11.6 Å². The van der Waals surface area contributed by atoms with Gasteiger partial charge in [0.25, 0.3) is 5.91 Å². The third-order valence-corrected chi connectivity index (χ3v) is 3.57. The second-order valence-electron chi connectivity index (χ2n) is 4.56. The largest absolute Gasteiger partial charge is 0.372 e. The van der Waals surface area contributed by atoms with Crippen molar-refractivity contribution < 1.29 is 9.53 Å². The van der Waals surface area contributed by atoms with Gasteiger partial charge in [0.2, 0.25) is 0 Å². The number of hydrogen-bond acceptors (Lipinski definition) is 3. The Labute approximate surface area is 121 Å². The summed E-state index contributed by atoms with van der Waals surface area (Å²) in [6, 6.07) is 7.43. The molecule has 0 radical (unpaired) electrons. The molecule has 104 valence electrons. The molecule has 0 atom stereocenters. The average Bonchev–Trinajstić information content (AvgIpc) is 2.90. The first kappa shape index (κ1) is 13.1. The summed E-state index contributed by atoms with van der Waals surface area (Å²) in [6.45, 7) is 2.24. The van der Waals surface area contributed by atoms with Gasteiger partial charge < -0.3 is 14.6 Å². The van der Waals surface area contributed by atoms with Crippen molar-refractivity contribution in [1.29, 1.82) is 0 Å². The van der Waals surface area contributed by atoms with E-state index in [2.05, 4.69) is 10.3 Å². The van der Waals surface area contributed by atoms with Gasteiger partial charge in [-0.25, -0.2) is 4.98 Å². The number of nitrogens with one attached hydrogen (secondary N) is 1. The van der Waals surface area contributed by atoms with Crippen molar-refractivity contribution in [2.45, 2.75) is 19.7 Å². The molecule has 20 heavy (non-hydrogen) atoms. The number of carbonyl (C=O) groups is 1. The van der Waals surface area contributed by atoms with Gasteiger partial charge >= 0.3 is 0 Å². The zero-order chi connectivity index (χ0) is 13.9. The van der Waals surface area contributed by atoms with Crippen LogP contribution in [0, 0.1) is 0 Å². The fraction of sp³-hybridized carbons (Fsp3) is 0.286. The van der Waals surface area contributed by atoms with E-state index < -0.39 is 0 Å². The monoisotopic (exact) mass is 291 g/mol. The van der Waals surface area contributed by atoms with Crippen LogP contribution in [0.15, 0.2) is 30.5 Å². The van der Waals surface area contributed by atoms with E-state index in [1.807, 2.05) is 22.8 Å². The number of rotatable bonds is 3. The van der Waals surface area contributed by atoms with Crippen molar-refractivity contribution in [3.63, 3.8) is 0 Å². The number of nitrogens with zero attached hydrogens (tertiary/aromatic N) is 2. The van der Waals surface area contributed by atoms with Crippen molar-refractivity contribution in [2.24, 2.45) is 0 Å². The smallest absolute Gasteiger partial charge is 0.271 e. The molecular weight excluding hydrogens is 278 g/mol. The molecule has 0 saturated heterocycles. The molecule has 2 heterocycles. The van der Waals surface area contributed by atoms with Gasteiger partial charge in [0.15, 0.2) is 0 Å². The van der Waals surface area contributed by atoms with Crippen LogP contribution in [-0.2, 0) is 24.4 Å². The zero-order valence-corrected chi connectivity index (χ0v) is 11.6. The van der Waals surface area contributed by atoms with E-state index >= 15 is 0 Å². The van der Waals surface area contributed by atoms with Crippen molar-refractivity contribution in [2.75, 3.05) is 6.61 Å². The lowest BCUT2D eigenvalue weighted by Crippen LogP contribution is -2.23. The molecule has 1 amide bonds. The molecule has 0 bridgehead atoms. The van der Waals surface area contributed by atoms with E-state index in [1.54, 1.807) is 12.3 Å². The molecule has 1 aromatic carbocycles. The SMILES string of the molecule is O=C(NCc1ccccc1Cl)c1cn2c(n1)COCC2. The van der Waals surface area contributed by atoms with Crippen LogP contribution in [0.4, 0.5) is 0 Å². The molecule has 1 aliphatic heterocycles. The highest BCUT2D eigenvalue weighted by Crippen LogP contribution is 2.15. The van der Waals surface area contributed by atoms with Crippen LogP contribution in [0.5, 0.6) is 0 Å². The Morgan fingerprint density at radius 1 is 1.45 bits per heavy atom. The third-order valence-electron chi connectivity index (χ3n) is 3.20. The number of imidazole rings is 1. The first-order chi connectivity index (χ1) is 9.74. The molecule has 0 fully saturated rings. The Bertz CT molecular complexity index is 616. The normalized spacial score (nSPS) is 13.8. The number of hydrogen-bond donors (Lipinski definition) is 1. The van der Waals surface area contributed by atoms with Gasteiger partial charge in [0, 0.05) is 24.3 Å². The van der Waals surface area contributed by atoms with E-state index in [-0.39, 0.29) is 5.91 Å². The summed E-state index contributed by atoms with van der Waals surface area (Å²) in [5, 5.41) is 3.47. The van der Waals surface area contributed by atoms with Gasteiger partial charge in [-0.1, -0.05) is 29.8 Å². The Morgan fingerprint density at radius 3 is 3.10 bits per heavy atom. The molecule has 0 unspecified atom stereocenters. The Hall–Kier alpha value is -1.85. The van der Waals surface area contributed by atoms with E-state index in [4.69, 9.17) is 16.3 Å². The molecule has 1 N–H and O–H groups in total. The Kier molecular flexibility index (Phi) is 3.71. The van der Waals surface area contributed by atoms with Crippen molar-refractivity contribution in [3.8, 4) is 0 Å². The van der Waals surface area contributed by atoms with Crippen LogP contribution in [0.25, 0.3) is 0 Å². The van der Waals surface area contributed by atoms with Gasteiger partial charge in [-0.05, 0) is 11.6 Å². The number of amides is 1. The minimum Gasteiger partial charge on any atom is -0.372 e. The fourth-order valence-electron chi connectivity index (χ4n) is 2.11. The van der Waals surface area contributed by atoms with Gasteiger partial charge in [-0.15, -0.1) is 0 Å². The number of aromatic nitrogens is 2. The standard InChI is InChI=1S/C14H14ClN3O2/c15-11-4-2-1-3-10(11)7-16-14(19)12-8-18-5-6-20-9-13(18)17-12/h1-4,8H,5-7,9H2,(H,16,19). The second-order valence-corrected chi connectivity index (χ2v) is 4.97. The molecule has 1 aromatic heterocycles. The lowest BCUT2D eigenvalue weighted by molar-refractivity contribution is 0.0816. The first-order valence-corrected chi connectivity index (χ1v) is 6.77. The van der Waals surface area contributed by atoms with Crippen LogP contribution in [0.3, 0.4) is 0 Å². The quantitative estimate of drug-likeness (QED) is 0.941. The van der Waals surface area contributed by atoms with E-state index in [1.165, 1.54) is 0 Å². The summed E-state index contributed by atoms with van der Waals surface area (Å²) in [5.41, 5.74) is 1.30. The molecule has 0 saturated carbocycles. The Morgan fingerprint density at radius 2 is 2.30 bits per heavy atom. The summed E-state index contributed by atoms with van der Waals surface area (Å²) in [4.78, 5) is 16.4. The molecule has 0 spiro atoms. The minimum absolute atomic E-state index is 0.202. The fourth-order valence-corrected chi connectivity index (χ4v) is 2.31. The molecule has 2 aromatic rings. The number of carbonyl (C=O) groups excluding carboxylic acids is 1. The third kappa shape index (κ3) is 2.69. The van der Waals surface area contributed by atoms with Crippen molar-refractivity contribution in [3.05, 3.63) is 52.6 Å².